The molecule has 1 saturated carbocycles. The highest BCUT2D eigenvalue weighted by Gasteiger charge is 2.50. The van der Waals surface area contributed by atoms with Gasteiger partial charge in [-0.05, 0) is 19.3 Å². The second-order valence-corrected chi connectivity index (χ2v) is 5.52. The average molecular weight is 326 g/mol. The van der Waals surface area contributed by atoms with E-state index in [0.717, 1.165) is 12.8 Å². The standard InChI is InChI=1S/C10H15IO4/c1-14-8(12)10(9(13)15-2)5-3-4-7(11)6-10/h7H,3-6H2,1-2H3. The molecule has 0 spiro atoms. The van der Waals surface area contributed by atoms with Gasteiger partial charge in [-0.15, -0.1) is 0 Å². The molecule has 1 fully saturated rings. The first-order valence-corrected chi connectivity index (χ1v) is 6.12. The van der Waals surface area contributed by atoms with Gasteiger partial charge in [-0.2, -0.15) is 0 Å². The van der Waals surface area contributed by atoms with Crippen molar-refractivity contribution in [2.75, 3.05) is 14.2 Å². The van der Waals surface area contributed by atoms with Crippen molar-refractivity contribution in [2.24, 2.45) is 5.41 Å². The molecule has 0 aromatic carbocycles. The highest BCUT2D eigenvalue weighted by atomic mass is 127. The molecule has 4 nitrogen and oxygen atoms in total. The van der Waals surface area contributed by atoms with E-state index in [1.807, 2.05) is 0 Å². The van der Waals surface area contributed by atoms with Crippen molar-refractivity contribution < 1.29 is 19.1 Å². The number of methoxy groups -OCH3 is 2. The van der Waals surface area contributed by atoms with Crippen LogP contribution < -0.4 is 0 Å². The van der Waals surface area contributed by atoms with Crippen LogP contribution in [-0.2, 0) is 19.1 Å². The van der Waals surface area contributed by atoms with Crippen molar-refractivity contribution in [3.63, 3.8) is 0 Å². The van der Waals surface area contributed by atoms with E-state index >= 15 is 0 Å². The molecule has 0 heterocycles. The van der Waals surface area contributed by atoms with Crippen LogP contribution in [0.3, 0.4) is 0 Å². The number of ether oxygens (including phenoxy) is 2. The minimum absolute atomic E-state index is 0.328. The normalized spacial score (nSPS) is 24.3. The second-order valence-electron chi connectivity index (χ2n) is 3.76. The molecule has 0 amide bonds. The topological polar surface area (TPSA) is 52.6 Å². The molecule has 86 valence electrons. The highest BCUT2D eigenvalue weighted by molar-refractivity contribution is 14.1. The Morgan fingerprint density at radius 2 is 1.80 bits per heavy atom. The molecule has 15 heavy (non-hydrogen) atoms. The summed E-state index contributed by atoms with van der Waals surface area (Å²) < 4.78 is 9.77. The largest absolute Gasteiger partial charge is 0.468 e. The van der Waals surface area contributed by atoms with E-state index in [1.165, 1.54) is 14.2 Å². The molecule has 0 radical (unpaired) electrons. The maximum absolute atomic E-state index is 11.7. The Morgan fingerprint density at radius 1 is 1.27 bits per heavy atom. The van der Waals surface area contributed by atoms with Crippen LogP contribution in [0.4, 0.5) is 0 Å². The molecule has 0 aliphatic heterocycles. The van der Waals surface area contributed by atoms with Gasteiger partial charge >= 0.3 is 11.9 Å². The number of carbonyl (C=O) groups is 2. The fraction of sp³-hybridized carbons (Fsp3) is 0.800. The van der Waals surface area contributed by atoms with Crippen molar-refractivity contribution >= 4 is 34.5 Å². The van der Waals surface area contributed by atoms with Crippen LogP contribution in [0.2, 0.25) is 0 Å². The Balaban J connectivity index is 2.94. The van der Waals surface area contributed by atoms with Crippen molar-refractivity contribution in [3.05, 3.63) is 0 Å². The molecule has 1 atom stereocenters. The zero-order valence-electron chi connectivity index (χ0n) is 8.92. The Bertz CT molecular complexity index is 248. The summed E-state index contributed by atoms with van der Waals surface area (Å²) in [6.07, 6.45) is 2.95. The third kappa shape index (κ3) is 2.43. The minimum atomic E-state index is -1.06. The van der Waals surface area contributed by atoms with Gasteiger partial charge in [0.2, 0.25) is 0 Å². The molecule has 0 N–H and O–H groups in total. The van der Waals surface area contributed by atoms with Gasteiger partial charge in [0.25, 0.3) is 0 Å². The molecule has 1 unspecified atom stereocenters. The summed E-state index contributed by atoms with van der Waals surface area (Å²) in [7, 11) is 2.62. The zero-order valence-corrected chi connectivity index (χ0v) is 11.1. The minimum Gasteiger partial charge on any atom is -0.468 e. The van der Waals surface area contributed by atoms with E-state index in [2.05, 4.69) is 22.6 Å². The number of rotatable bonds is 2. The van der Waals surface area contributed by atoms with Crippen molar-refractivity contribution in [2.45, 2.75) is 29.6 Å². The number of halogens is 1. The quantitative estimate of drug-likeness (QED) is 0.335. The van der Waals surface area contributed by atoms with Crippen LogP contribution in [0, 0.1) is 5.41 Å². The van der Waals surface area contributed by atoms with E-state index < -0.39 is 17.4 Å². The van der Waals surface area contributed by atoms with Crippen LogP contribution >= 0.6 is 22.6 Å². The van der Waals surface area contributed by atoms with Gasteiger partial charge in [-0.1, -0.05) is 29.0 Å². The Morgan fingerprint density at radius 3 is 2.20 bits per heavy atom. The van der Waals surface area contributed by atoms with Crippen molar-refractivity contribution in [3.8, 4) is 0 Å². The fourth-order valence-electron chi connectivity index (χ4n) is 2.05. The summed E-state index contributed by atoms with van der Waals surface area (Å²) in [6, 6.07) is 0. The van der Waals surface area contributed by atoms with Crippen LogP contribution in [0.1, 0.15) is 25.7 Å². The number of alkyl halides is 1. The predicted octanol–water partition coefficient (Wildman–Crippen LogP) is 1.70. The molecular weight excluding hydrogens is 311 g/mol. The lowest BCUT2D eigenvalue weighted by Gasteiger charge is -2.33. The van der Waals surface area contributed by atoms with Crippen LogP contribution in [0.15, 0.2) is 0 Å². The summed E-state index contributed by atoms with van der Waals surface area (Å²) in [6.45, 7) is 0. The van der Waals surface area contributed by atoms with E-state index in [-0.39, 0.29) is 0 Å². The Hall–Kier alpha value is -0.330. The number of carbonyl (C=O) groups excluding carboxylic acids is 2. The summed E-state index contributed by atoms with van der Waals surface area (Å²) in [5.74, 6) is -0.925. The van der Waals surface area contributed by atoms with E-state index in [0.29, 0.717) is 16.8 Å². The number of hydrogen-bond acceptors (Lipinski definition) is 4. The first-order chi connectivity index (χ1) is 7.06. The molecule has 0 aromatic heterocycles. The maximum atomic E-state index is 11.7. The van der Waals surface area contributed by atoms with E-state index in [1.54, 1.807) is 0 Å². The third-order valence-electron chi connectivity index (χ3n) is 2.84. The van der Waals surface area contributed by atoms with Gasteiger partial charge in [0, 0.05) is 3.92 Å². The van der Waals surface area contributed by atoms with Crippen molar-refractivity contribution in [1.29, 1.82) is 0 Å². The van der Waals surface area contributed by atoms with Gasteiger partial charge in [0.05, 0.1) is 14.2 Å². The summed E-state index contributed by atoms with van der Waals surface area (Å²) in [4.78, 5) is 23.4. The highest BCUT2D eigenvalue weighted by Crippen LogP contribution is 2.41. The van der Waals surface area contributed by atoms with Crippen LogP contribution in [0.5, 0.6) is 0 Å². The van der Waals surface area contributed by atoms with Crippen LogP contribution in [0.25, 0.3) is 0 Å². The van der Waals surface area contributed by atoms with Gasteiger partial charge in [0.1, 0.15) is 0 Å². The lowest BCUT2D eigenvalue weighted by Crippen LogP contribution is -2.45. The first kappa shape index (κ1) is 12.7. The fourth-order valence-corrected chi connectivity index (χ4v) is 3.24. The molecule has 5 heteroatoms. The maximum Gasteiger partial charge on any atom is 0.323 e. The lowest BCUT2D eigenvalue weighted by molar-refractivity contribution is -0.171. The van der Waals surface area contributed by atoms with Gasteiger partial charge in [-0.25, -0.2) is 0 Å². The monoisotopic (exact) mass is 326 g/mol. The van der Waals surface area contributed by atoms with Crippen LogP contribution in [-0.4, -0.2) is 30.1 Å². The summed E-state index contributed by atoms with van der Waals surface area (Å²) in [5.41, 5.74) is -1.06. The average Bonchev–Trinajstić information content (AvgIpc) is 2.26. The third-order valence-corrected chi connectivity index (χ3v) is 3.91. The summed E-state index contributed by atoms with van der Waals surface area (Å²) >= 11 is 2.27. The molecule has 0 bridgehead atoms. The molecule has 1 rings (SSSR count). The van der Waals surface area contributed by atoms with Gasteiger partial charge in [0.15, 0.2) is 5.41 Å². The molecule has 1 aliphatic carbocycles. The van der Waals surface area contributed by atoms with E-state index in [4.69, 9.17) is 9.47 Å². The molecule has 0 aromatic rings. The molecule has 1 aliphatic rings. The van der Waals surface area contributed by atoms with E-state index in [9.17, 15) is 9.59 Å². The summed E-state index contributed by atoms with van der Waals surface area (Å²) in [5, 5.41) is 0. The number of hydrogen-bond donors (Lipinski definition) is 0. The number of esters is 2. The first-order valence-electron chi connectivity index (χ1n) is 4.87. The predicted molar refractivity (Wildman–Crippen MR) is 62.7 cm³/mol. The lowest BCUT2D eigenvalue weighted by atomic mass is 9.74. The Labute approximate surface area is 103 Å². The molecular formula is C10H15IO4. The SMILES string of the molecule is COC(=O)C1(C(=O)OC)CCCC(I)C1. The van der Waals surface area contributed by atoms with Crippen molar-refractivity contribution in [1.82, 2.24) is 0 Å². The molecule has 0 saturated heterocycles. The van der Waals surface area contributed by atoms with Gasteiger partial charge in [-0.3, -0.25) is 9.59 Å². The van der Waals surface area contributed by atoms with Gasteiger partial charge < -0.3 is 9.47 Å². The second kappa shape index (κ2) is 5.14. The Kier molecular flexibility index (Phi) is 4.36. The zero-order chi connectivity index (χ0) is 11.5. The smallest absolute Gasteiger partial charge is 0.323 e.